The lowest BCUT2D eigenvalue weighted by Gasteiger charge is -2.40. The van der Waals surface area contributed by atoms with Gasteiger partial charge in [-0.15, -0.1) is 0 Å². The number of piperidine rings is 1. The molecule has 5 nitrogen and oxygen atoms in total. The highest BCUT2D eigenvalue weighted by Gasteiger charge is 2.29. The molecule has 0 radical (unpaired) electrons. The van der Waals surface area contributed by atoms with Gasteiger partial charge in [0.05, 0.1) is 0 Å². The van der Waals surface area contributed by atoms with Crippen molar-refractivity contribution in [1.82, 2.24) is 14.7 Å². The molecule has 0 aromatic heterocycles. The molecular weight excluding hydrogens is 448 g/mol. The van der Waals surface area contributed by atoms with E-state index in [0.29, 0.717) is 37.5 Å². The van der Waals surface area contributed by atoms with Crippen LogP contribution in [0, 0.1) is 11.6 Å². The van der Waals surface area contributed by atoms with E-state index in [0.717, 1.165) is 38.5 Å². The maximum atomic E-state index is 13.3. The number of hydrogen-bond acceptors (Lipinski definition) is 3. The molecule has 35 heavy (non-hydrogen) atoms. The second-order valence-electron chi connectivity index (χ2n) is 9.53. The van der Waals surface area contributed by atoms with E-state index in [4.69, 9.17) is 0 Å². The second kappa shape index (κ2) is 11.6. The molecule has 1 unspecified atom stereocenters. The lowest BCUT2D eigenvalue weighted by molar-refractivity contribution is -0.140. The van der Waals surface area contributed by atoms with Gasteiger partial charge in [-0.1, -0.05) is 30.3 Å². The summed E-state index contributed by atoms with van der Waals surface area (Å²) in [5.41, 5.74) is 1.70. The van der Waals surface area contributed by atoms with Crippen molar-refractivity contribution < 1.29 is 18.4 Å². The number of hydrogen-bond donors (Lipinski definition) is 0. The van der Waals surface area contributed by atoms with Gasteiger partial charge >= 0.3 is 0 Å². The van der Waals surface area contributed by atoms with E-state index in [1.165, 1.54) is 29.8 Å². The molecule has 0 aliphatic carbocycles. The van der Waals surface area contributed by atoms with Gasteiger partial charge in [0.1, 0.15) is 11.6 Å². The molecule has 2 aliphatic heterocycles. The molecule has 0 bridgehead atoms. The Bertz CT molecular complexity index is 1030. The fourth-order valence-corrected chi connectivity index (χ4v) is 5.07. The first-order valence-electron chi connectivity index (χ1n) is 12.4. The van der Waals surface area contributed by atoms with Gasteiger partial charge in [-0.05, 0) is 68.1 Å². The first-order valence-corrected chi connectivity index (χ1v) is 12.4. The Morgan fingerprint density at radius 3 is 2.31 bits per heavy atom. The van der Waals surface area contributed by atoms with Gasteiger partial charge < -0.3 is 14.7 Å². The molecule has 0 saturated carbocycles. The van der Waals surface area contributed by atoms with Gasteiger partial charge in [0.15, 0.2) is 0 Å². The monoisotopic (exact) mass is 481 g/mol. The SMILES string of the molecule is CC1CN(C(=O)CCN2CCC(c3ccccc3)CC2)CCN1C(=O)/C=C/c1cc(F)cc(F)c1. The molecule has 2 amide bonds. The highest BCUT2D eigenvalue weighted by Crippen LogP contribution is 2.27. The molecule has 7 heteroatoms. The summed E-state index contributed by atoms with van der Waals surface area (Å²) in [5.74, 6) is -0.865. The summed E-state index contributed by atoms with van der Waals surface area (Å²) in [6, 6.07) is 13.7. The van der Waals surface area contributed by atoms with Crippen LogP contribution in [0.25, 0.3) is 6.08 Å². The lowest BCUT2D eigenvalue weighted by Crippen LogP contribution is -2.55. The summed E-state index contributed by atoms with van der Waals surface area (Å²) in [7, 11) is 0. The molecular formula is C28H33F2N3O2. The van der Waals surface area contributed by atoms with Gasteiger partial charge in [0.2, 0.25) is 11.8 Å². The predicted octanol–water partition coefficient (Wildman–Crippen LogP) is 4.31. The molecule has 2 heterocycles. The van der Waals surface area contributed by atoms with Crippen molar-refractivity contribution in [1.29, 1.82) is 0 Å². The first-order chi connectivity index (χ1) is 16.9. The normalized spacial score (nSPS) is 19.9. The standard InChI is InChI=1S/C28H33F2N3O2/c1-21-20-32(15-16-33(21)28(35)8-7-22-17-25(29)19-26(30)18-22)27(34)11-14-31-12-9-24(10-13-31)23-5-3-2-4-6-23/h2-8,17-19,21,24H,9-16,20H2,1H3/b8-7+. The van der Waals surface area contributed by atoms with Gasteiger partial charge in [0.25, 0.3) is 0 Å². The van der Waals surface area contributed by atoms with Crippen LogP contribution in [0.2, 0.25) is 0 Å². The summed E-state index contributed by atoms with van der Waals surface area (Å²) < 4.78 is 26.7. The number of piperazine rings is 1. The zero-order valence-corrected chi connectivity index (χ0v) is 20.2. The van der Waals surface area contributed by atoms with Crippen LogP contribution in [-0.2, 0) is 9.59 Å². The van der Waals surface area contributed by atoms with E-state index < -0.39 is 11.6 Å². The number of nitrogens with zero attached hydrogens (tertiary/aromatic N) is 3. The Hall–Kier alpha value is -3.06. The summed E-state index contributed by atoms with van der Waals surface area (Å²) in [4.78, 5) is 31.4. The Kier molecular flexibility index (Phi) is 8.29. The van der Waals surface area contributed by atoms with E-state index in [1.54, 1.807) is 4.90 Å². The molecule has 0 spiro atoms. The summed E-state index contributed by atoms with van der Waals surface area (Å²) >= 11 is 0. The Labute approximate surface area is 206 Å². The quantitative estimate of drug-likeness (QED) is 0.578. The van der Waals surface area contributed by atoms with Crippen molar-refractivity contribution in [3.8, 4) is 0 Å². The van der Waals surface area contributed by atoms with Gasteiger partial charge in [-0.2, -0.15) is 0 Å². The van der Waals surface area contributed by atoms with Crippen LogP contribution in [0.3, 0.4) is 0 Å². The Morgan fingerprint density at radius 2 is 1.66 bits per heavy atom. The van der Waals surface area contributed by atoms with Crippen LogP contribution in [0.5, 0.6) is 0 Å². The largest absolute Gasteiger partial charge is 0.339 e. The van der Waals surface area contributed by atoms with Crippen LogP contribution in [0.15, 0.2) is 54.6 Å². The van der Waals surface area contributed by atoms with Crippen LogP contribution >= 0.6 is 0 Å². The van der Waals surface area contributed by atoms with E-state index in [-0.39, 0.29) is 17.9 Å². The summed E-state index contributed by atoms with van der Waals surface area (Å²) in [6.07, 6.45) is 5.47. The molecule has 2 aromatic rings. The van der Waals surface area contributed by atoms with Crippen LogP contribution in [0.1, 0.15) is 43.2 Å². The van der Waals surface area contributed by atoms with Gasteiger partial charge in [-0.25, -0.2) is 8.78 Å². The third-order valence-electron chi connectivity index (χ3n) is 7.07. The number of rotatable bonds is 6. The molecule has 186 valence electrons. The Morgan fingerprint density at radius 1 is 0.971 bits per heavy atom. The van der Waals surface area contributed by atoms with E-state index in [2.05, 4.69) is 29.2 Å². The predicted molar refractivity (Wildman–Crippen MR) is 133 cm³/mol. The molecule has 2 aliphatic rings. The van der Waals surface area contributed by atoms with Gasteiger partial charge in [0, 0.05) is 50.8 Å². The highest BCUT2D eigenvalue weighted by atomic mass is 19.1. The van der Waals surface area contributed by atoms with Crippen LogP contribution < -0.4 is 0 Å². The molecule has 2 aromatic carbocycles. The fraction of sp³-hybridized carbons (Fsp3) is 0.429. The average molecular weight is 482 g/mol. The second-order valence-corrected chi connectivity index (χ2v) is 9.53. The molecule has 2 saturated heterocycles. The van der Waals surface area contributed by atoms with E-state index in [9.17, 15) is 18.4 Å². The van der Waals surface area contributed by atoms with E-state index >= 15 is 0 Å². The number of benzene rings is 2. The zero-order chi connectivity index (χ0) is 24.8. The lowest BCUT2D eigenvalue weighted by atomic mass is 9.89. The molecule has 0 N–H and O–H groups in total. The minimum atomic E-state index is -0.682. The van der Waals surface area contributed by atoms with Crippen molar-refractivity contribution in [3.05, 3.63) is 77.4 Å². The first kappa shape index (κ1) is 25.0. The zero-order valence-electron chi connectivity index (χ0n) is 20.2. The number of likely N-dealkylation sites (tertiary alicyclic amines) is 1. The van der Waals surface area contributed by atoms with Crippen LogP contribution in [0.4, 0.5) is 8.78 Å². The number of amides is 2. The van der Waals surface area contributed by atoms with Crippen molar-refractivity contribution in [3.63, 3.8) is 0 Å². The minimum absolute atomic E-state index is 0.125. The summed E-state index contributed by atoms with van der Waals surface area (Å²) in [6.45, 7) is 6.12. The minimum Gasteiger partial charge on any atom is -0.339 e. The van der Waals surface area contributed by atoms with Crippen molar-refractivity contribution >= 4 is 17.9 Å². The van der Waals surface area contributed by atoms with E-state index in [1.807, 2.05) is 17.9 Å². The number of carbonyl (C=O) groups excluding carboxylic acids is 2. The highest BCUT2D eigenvalue weighted by molar-refractivity contribution is 5.92. The number of carbonyl (C=O) groups is 2. The molecule has 2 fully saturated rings. The van der Waals surface area contributed by atoms with Crippen molar-refractivity contribution in [2.75, 3.05) is 39.3 Å². The number of halogens is 2. The third kappa shape index (κ3) is 6.75. The Balaban J connectivity index is 1.20. The summed E-state index contributed by atoms with van der Waals surface area (Å²) in [5, 5.41) is 0. The molecule has 1 atom stereocenters. The van der Waals surface area contributed by atoms with Crippen molar-refractivity contribution in [2.45, 2.75) is 38.1 Å². The average Bonchev–Trinajstić information content (AvgIpc) is 2.86. The van der Waals surface area contributed by atoms with Gasteiger partial charge in [-0.3, -0.25) is 9.59 Å². The smallest absolute Gasteiger partial charge is 0.246 e. The fourth-order valence-electron chi connectivity index (χ4n) is 5.07. The third-order valence-corrected chi connectivity index (χ3v) is 7.07. The molecule has 4 rings (SSSR count). The topological polar surface area (TPSA) is 43.9 Å². The van der Waals surface area contributed by atoms with Crippen LogP contribution in [-0.4, -0.2) is 71.8 Å². The maximum Gasteiger partial charge on any atom is 0.246 e. The van der Waals surface area contributed by atoms with Crippen molar-refractivity contribution in [2.24, 2.45) is 0 Å². The maximum absolute atomic E-state index is 13.3.